The van der Waals surface area contributed by atoms with Gasteiger partial charge in [0.05, 0.1) is 5.02 Å². The lowest BCUT2D eigenvalue weighted by Gasteiger charge is -1.98. The third-order valence-corrected chi connectivity index (χ3v) is 2.12. The Bertz CT molecular complexity index is 330. The summed E-state index contributed by atoms with van der Waals surface area (Å²) in [5, 5.41) is 10.6. The lowest BCUT2D eigenvalue weighted by molar-refractivity contribution is -0.479. The summed E-state index contributed by atoms with van der Waals surface area (Å²) in [6.07, 6.45) is 1.80. The van der Waals surface area contributed by atoms with E-state index in [0.717, 1.165) is 0 Å². The molecule has 0 bridgehead atoms. The van der Waals surface area contributed by atoms with Crippen LogP contribution in [0, 0.1) is 10.1 Å². The van der Waals surface area contributed by atoms with E-state index in [4.69, 9.17) is 23.2 Å². The largest absolute Gasteiger partial charge is 0.265 e. The van der Waals surface area contributed by atoms with Crippen molar-refractivity contribution >= 4 is 23.2 Å². The van der Waals surface area contributed by atoms with Crippen molar-refractivity contribution in [3.05, 3.63) is 38.1 Å². The van der Waals surface area contributed by atoms with Gasteiger partial charge in [0.1, 0.15) is 5.15 Å². The highest BCUT2D eigenvalue weighted by molar-refractivity contribution is 6.41. The van der Waals surface area contributed by atoms with E-state index in [1.54, 1.807) is 6.07 Å². The van der Waals surface area contributed by atoms with E-state index in [9.17, 15) is 10.1 Å². The first-order chi connectivity index (χ1) is 6.09. The minimum atomic E-state index is -0.386. The van der Waals surface area contributed by atoms with Crippen LogP contribution < -0.4 is 0 Å². The van der Waals surface area contributed by atoms with Crippen LogP contribution in [0.2, 0.25) is 10.2 Å². The summed E-state index contributed by atoms with van der Waals surface area (Å²) in [5.74, 6) is 0. The average molecular weight is 221 g/mol. The van der Waals surface area contributed by atoms with Crippen molar-refractivity contribution in [2.24, 2.45) is 0 Å². The summed E-state index contributed by atoms with van der Waals surface area (Å²) in [6.45, 7) is -0.125. The topological polar surface area (TPSA) is 56.0 Å². The van der Waals surface area contributed by atoms with Crippen molar-refractivity contribution in [3.63, 3.8) is 0 Å². The Morgan fingerprint density at radius 1 is 1.54 bits per heavy atom. The molecule has 0 unspecified atom stereocenters. The van der Waals surface area contributed by atoms with E-state index in [-0.39, 0.29) is 16.6 Å². The highest BCUT2D eigenvalue weighted by atomic mass is 35.5. The molecule has 0 saturated carbocycles. The van der Waals surface area contributed by atoms with E-state index >= 15 is 0 Å². The van der Waals surface area contributed by atoms with E-state index in [0.29, 0.717) is 17.0 Å². The number of nitrogens with zero attached hydrogens (tertiary/aromatic N) is 2. The Balaban J connectivity index is 2.68. The van der Waals surface area contributed by atoms with E-state index in [2.05, 4.69) is 4.98 Å². The van der Waals surface area contributed by atoms with Crippen LogP contribution in [-0.2, 0) is 6.42 Å². The molecule has 1 heterocycles. The second-order valence-electron chi connectivity index (χ2n) is 2.42. The second kappa shape index (κ2) is 4.39. The fourth-order valence-corrected chi connectivity index (χ4v) is 1.11. The van der Waals surface area contributed by atoms with Crippen molar-refractivity contribution < 1.29 is 4.92 Å². The van der Waals surface area contributed by atoms with Crippen molar-refractivity contribution in [1.29, 1.82) is 0 Å². The zero-order chi connectivity index (χ0) is 9.84. The monoisotopic (exact) mass is 220 g/mol. The second-order valence-corrected chi connectivity index (χ2v) is 3.19. The van der Waals surface area contributed by atoms with Crippen LogP contribution in [0.4, 0.5) is 0 Å². The molecule has 0 radical (unpaired) electrons. The van der Waals surface area contributed by atoms with Crippen LogP contribution in [0.1, 0.15) is 5.56 Å². The molecule has 0 aliphatic carbocycles. The molecule has 1 aromatic heterocycles. The number of hydrogen-bond donors (Lipinski definition) is 0. The van der Waals surface area contributed by atoms with Crippen LogP contribution in [-0.4, -0.2) is 16.5 Å². The highest BCUT2D eigenvalue weighted by Gasteiger charge is 2.03. The fourth-order valence-electron chi connectivity index (χ4n) is 0.818. The molecule has 0 aromatic carbocycles. The zero-order valence-corrected chi connectivity index (χ0v) is 8.05. The molecule has 1 aromatic rings. The Kier molecular flexibility index (Phi) is 3.45. The molecule has 0 atom stereocenters. The molecule has 70 valence electrons. The molecular formula is C7H6Cl2N2O2. The predicted molar refractivity (Wildman–Crippen MR) is 49.8 cm³/mol. The molecule has 0 fully saturated rings. The van der Waals surface area contributed by atoms with Gasteiger partial charge >= 0.3 is 0 Å². The summed E-state index contributed by atoms with van der Waals surface area (Å²) in [4.78, 5) is 13.4. The summed E-state index contributed by atoms with van der Waals surface area (Å²) in [6, 6.07) is 1.58. The van der Waals surface area contributed by atoms with Crippen LogP contribution in [0.15, 0.2) is 12.3 Å². The fraction of sp³-hybridized carbons (Fsp3) is 0.286. The first kappa shape index (κ1) is 10.2. The maximum Gasteiger partial charge on any atom is 0.207 e. The summed E-state index contributed by atoms with van der Waals surface area (Å²) in [7, 11) is 0. The molecule has 0 N–H and O–H groups in total. The van der Waals surface area contributed by atoms with E-state index < -0.39 is 0 Å². The smallest absolute Gasteiger partial charge is 0.207 e. The SMILES string of the molecule is O=[N+]([O-])CCc1cnc(Cl)c(Cl)c1. The van der Waals surface area contributed by atoms with Crippen molar-refractivity contribution in [2.75, 3.05) is 6.54 Å². The van der Waals surface area contributed by atoms with Crippen molar-refractivity contribution in [3.8, 4) is 0 Å². The van der Waals surface area contributed by atoms with Crippen molar-refractivity contribution in [1.82, 2.24) is 4.98 Å². The van der Waals surface area contributed by atoms with Gasteiger partial charge in [-0.3, -0.25) is 10.1 Å². The van der Waals surface area contributed by atoms with Gasteiger partial charge in [-0.05, 0) is 11.6 Å². The molecule has 0 spiro atoms. The average Bonchev–Trinajstić information content (AvgIpc) is 2.07. The van der Waals surface area contributed by atoms with Crippen LogP contribution >= 0.6 is 23.2 Å². The highest BCUT2D eigenvalue weighted by Crippen LogP contribution is 2.19. The third-order valence-electron chi connectivity index (χ3n) is 1.44. The first-order valence-corrected chi connectivity index (χ1v) is 4.27. The minimum Gasteiger partial charge on any atom is -0.265 e. The predicted octanol–water partition coefficient (Wildman–Crippen LogP) is 2.21. The van der Waals surface area contributed by atoms with Gasteiger partial charge in [0.15, 0.2) is 0 Å². The summed E-state index contributed by atoms with van der Waals surface area (Å²) >= 11 is 11.2. The molecule has 6 heteroatoms. The normalized spacial score (nSPS) is 10.0. The van der Waals surface area contributed by atoms with Gasteiger partial charge in [0, 0.05) is 17.5 Å². The summed E-state index contributed by atoms with van der Waals surface area (Å²) in [5.41, 5.74) is 0.714. The lowest BCUT2D eigenvalue weighted by atomic mass is 10.2. The molecule has 0 amide bonds. The Morgan fingerprint density at radius 2 is 2.23 bits per heavy atom. The standard InChI is InChI=1S/C7H6Cl2N2O2/c8-6-3-5(1-2-11(12)13)4-10-7(6)9/h3-4H,1-2H2. The van der Waals surface area contributed by atoms with Crippen LogP contribution in [0.3, 0.4) is 0 Å². The van der Waals surface area contributed by atoms with Gasteiger partial charge in [-0.1, -0.05) is 23.2 Å². The number of aromatic nitrogens is 1. The van der Waals surface area contributed by atoms with Gasteiger partial charge in [0.2, 0.25) is 6.54 Å². The molecule has 4 nitrogen and oxygen atoms in total. The summed E-state index contributed by atoms with van der Waals surface area (Å²) < 4.78 is 0. The lowest BCUT2D eigenvalue weighted by Crippen LogP contribution is -2.04. The van der Waals surface area contributed by atoms with Gasteiger partial charge in [-0.25, -0.2) is 4.98 Å². The molecular weight excluding hydrogens is 215 g/mol. The molecule has 0 aliphatic heterocycles. The van der Waals surface area contributed by atoms with Crippen LogP contribution in [0.25, 0.3) is 0 Å². The molecule has 13 heavy (non-hydrogen) atoms. The van der Waals surface area contributed by atoms with Gasteiger partial charge in [-0.2, -0.15) is 0 Å². The Morgan fingerprint density at radius 3 is 2.77 bits per heavy atom. The van der Waals surface area contributed by atoms with E-state index in [1.165, 1.54) is 6.20 Å². The number of rotatable bonds is 3. The van der Waals surface area contributed by atoms with E-state index in [1.807, 2.05) is 0 Å². The Labute approximate surface area is 84.6 Å². The maximum atomic E-state index is 10.1. The number of pyridine rings is 1. The minimum absolute atomic E-state index is 0.125. The van der Waals surface area contributed by atoms with Gasteiger partial charge in [0.25, 0.3) is 0 Å². The van der Waals surface area contributed by atoms with Crippen LogP contribution in [0.5, 0.6) is 0 Å². The quantitative estimate of drug-likeness (QED) is 0.446. The number of hydrogen-bond acceptors (Lipinski definition) is 3. The molecule has 0 aliphatic rings. The zero-order valence-electron chi connectivity index (χ0n) is 6.54. The first-order valence-electron chi connectivity index (χ1n) is 3.51. The van der Waals surface area contributed by atoms with Gasteiger partial charge in [-0.15, -0.1) is 0 Å². The van der Waals surface area contributed by atoms with Crippen molar-refractivity contribution in [2.45, 2.75) is 6.42 Å². The molecule has 1 rings (SSSR count). The third kappa shape index (κ3) is 3.16. The molecule has 0 saturated heterocycles. The number of nitro groups is 1. The maximum absolute atomic E-state index is 10.1. The van der Waals surface area contributed by atoms with Gasteiger partial charge < -0.3 is 0 Å². The Hall–Kier alpha value is -0.870. The number of halogens is 2.